The molecule has 0 aliphatic heterocycles. The molecule has 0 saturated carbocycles. The molecular formula is C10H12N2O. The van der Waals surface area contributed by atoms with Crippen LogP contribution in [0.1, 0.15) is 23.6 Å². The Labute approximate surface area is 77.4 Å². The molecule has 1 rings (SSSR count). The summed E-state index contributed by atoms with van der Waals surface area (Å²) in [5.74, 6) is 0.161. The summed E-state index contributed by atoms with van der Waals surface area (Å²) in [7, 11) is 0. The third-order valence-electron chi connectivity index (χ3n) is 1.89. The van der Waals surface area contributed by atoms with Gasteiger partial charge < -0.3 is 10.8 Å². The highest BCUT2D eigenvalue weighted by atomic mass is 16.3. The van der Waals surface area contributed by atoms with E-state index < -0.39 is 6.04 Å². The van der Waals surface area contributed by atoms with E-state index in [2.05, 4.69) is 0 Å². The molecule has 0 aromatic heterocycles. The van der Waals surface area contributed by atoms with E-state index in [1.54, 1.807) is 18.2 Å². The summed E-state index contributed by atoms with van der Waals surface area (Å²) >= 11 is 0. The topological polar surface area (TPSA) is 70.0 Å². The minimum atomic E-state index is -0.398. The molecule has 0 amide bonds. The summed E-state index contributed by atoms with van der Waals surface area (Å²) in [5, 5.41) is 17.9. The number of rotatable bonds is 2. The van der Waals surface area contributed by atoms with Gasteiger partial charge in [0.05, 0.1) is 12.5 Å². The lowest BCUT2D eigenvalue weighted by atomic mass is 10.0. The van der Waals surface area contributed by atoms with Gasteiger partial charge in [-0.1, -0.05) is 17.7 Å². The van der Waals surface area contributed by atoms with Crippen LogP contribution < -0.4 is 5.73 Å². The summed E-state index contributed by atoms with van der Waals surface area (Å²) in [5.41, 5.74) is 7.36. The Hall–Kier alpha value is -1.53. The highest BCUT2D eigenvalue weighted by Crippen LogP contribution is 2.25. The Kier molecular flexibility index (Phi) is 2.88. The molecule has 1 atom stereocenters. The van der Waals surface area contributed by atoms with Crippen molar-refractivity contribution >= 4 is 0 Å². The minimum absolute atomic E-state index is 0.161. The number of nitrogens with zero attached hydrogens (tertiary/aromatic N) is 1. The van der Waals surface area contributed by atoms with Crippen molar-refractivity contribution in [3.05, 3.63) is 29.3 Å². The van der Waals surface area contributed by atoms with E-state index in [-0.39, 0.29) is 12.2 Å². The predicted molar refractivity (Wildman–Crippen MR) is 50.0 cm³/mol. The fourth-order valence-electron chi connectivity index (χ4n) is 1.18. The van der Waals surface area contributed by atoms with E-state index in [0.29, 0.717) is 5.56 Å². The lowest BCUT2D eigenvalue weighted by Crippen LogP contribution is -2.09. The van der Waals surface area contributed by atoms with Crippen LogP contribution in [-0.4, -0.2) is 5.11 Å². The Morgan fingerprint density at radius 3 is 2.92 bits per heavy atom. The first-order chi connectivity index (χ1) is 6.15. The lowest BCUT2D eigenvalue weighted by Gasteiger charge is -2.10. The molecule has 0 unspecified atom stereocenters. The Morgan fingerprint density at radius 1 is 1.62 bits per heavy atom. The quantitative estimate of drug-likeness (QED) is 0.719. The molecule has 0 radical (unpaired) electrons. The van der Waals surface area contributed by atoms with Crippen molar-refractivity contribution < 1.29 is 5.11 Å². The van der Waals surface area contributed by atoms with Crippen LogP contribution in [0.5, 0.6) is 5.75 Å². The van der Waals surface area contributed by atoms with E-state index in [1.165, 1.54) is 0 Å². The van der Waals surface area contributed by atoms with E-state index >= 15 is 0 Å². The smallest absolute Gasteiger partial charge is 0.120 e. The van der Waals surface area contributed by atoms with E-state index in [9.17, 15) is 5.11 Å². The molecule has 0 fully saturated rings. The average molecular weight is 176 g/mol. The standard InChI is InChI=1S/C10H12N2O/c1-7-2-3-10(13)8(6-7)9(12)4-5-11/h2-3,6,9,13H,4,12H2,1H3/t9-/m0/s1. The van der Waals surface area contributed by atoms with Gasteiger partial charge in [0.15, 0.2) is 0 Å². The SMILES string of the molecule is Cc1ccc(O)c([C@@H](N)CC#N)c1. The molecular weight excluding hydrogens is 164 g/mol. The molecule has 0 bridgehead atoms. The third-order valence-corrected chi connectivity index (χ3v) is 1.89. The van der Waals surface area contributed by atoms with Crippen molar-refractivity contribution in [3.63, 3.8) is 0 Å². The van der Waals surface area contributed by atoms with Crippen molar-refractivity contribution in [2.24, 2.45) is 5.73 Å². The molecule has 13 heavy (non-hydrogen) atoms. The predicted octanol–water partition coefficient (Wildman–Crippen LogP) is 1.61. The fraction of sp³-hybridized carbons (Fsp3) is 0.300. The maximum Gasteiger partial charge on any atom is 0.120 e. The van der Waals surface area contributed by atoms with Gasteiger partial charge in [-0.25, -0.2) is 0 Å². The molecule has 3 nitrogen and oxygen atoms in total. The van der Waals surface area contributed by atoms with Crippen molar-refractivity contribution in [1.29, 1.82) is 5.26 Å². The maximum atomic E-state index is 9.44. The second-order valence-electron chi connectivity index (χ2n) is 3.03. The van der Waals surface area contributed by atoms with Crippen LogP contribution >= 0.6 is 0 Å². The Morgan fingerprint density at radius 2 is 2.31 bits per heavy atom. The molecule has 68 valence electrons. The fourth-order valence-corrected chi connectivity index (χ4v) is 1.18. The van der Waals surface area contributed by atoms with Crippen LogP contribution in [0.15, 0.2) is 18.2 Å². The first kappa shape index (κ1) is 9.56. The third kappa shape index (κ3) is 2.20. The highest BCUT2D eigenvalue weighted by molar-refractivity contribution is 5.38. The number of hydrogen-bond acceptors (Lipinski definition) is 3. The van der Waals surface area contributed by atoms with Crippen molar-refractivity contribution in [1.82, 2.24) is 0 Å². The second kappa shape index (κ2) is 3.92. The summed E-state index contributed by atoms with van der Waals surface area (Å²) < 4.78 is 0. The summed E-state index contributed by atoms with van der Waals surface area (Å²) in [4.78, 5) is 0. The molecule has 0 saturated heterocycles. The zero-order valence-corrected chi connectivity index (χ0v) is 7.49. The molecule has 3 heteroatoms. The number of phenols is 1. The normalized spacial score (nSPS) is 12.1. The molecule has 0 spiro atoms. The molecule has 0 aliphatic rings. The van der Waals surface area contributed by atoms with E-state index in [0.717, 1.165) is 5.56 Å². The number of benzene rings is 1. The van der Waals surface area contributed by atoms with Gasteiger partial charge in [0.25, 0.3) is 0 Å². The van der Waals surface area contributed by atoms with Gasteiger partial charge >= 0.3 is 0 Å². The number of aryl methyl sites for hydroxylation is 1. The largest absolute Gasteiger partial charge is 0.508 e. The van der Waals surface area contributed by atoms with Crippen molar-refractivity contribution in [2.45, 2.75) is 19.4 Å². The molecule has 0 heterocycles. The summed E-state index contributed by atoms with van der Waals surface area (Å²) in [6.45, 7) is 1.92. The lowest BCUT2D eigenvalue weighted by molar-refractivity contribution is 0.461. The van der Waals surface area contributed by atoms with Gasteiger partial charge in [0.2, 0.25) is 0 Å². The van der Waals surface area contributed by atoms with Crippen LogP contribution in [0, 0.1) is 18.3 Å². The first-order valence-electron chi connectivity index (χ1n) is 4.07. The van der Waals surface area contributed by atoms with Gasteiger partial charge in [-0.3, -0.25) is 0 Å². The van der Waals surface area contributed by atoms with Gasteiger partial charge in [-0.15, -0.1) is 0 Å². The van der Waals surface area contributed by atoms with Crippen molar-refractivity contribution in [3.8, 4) is 11.8 Å². The van der Waals surface area contributed by atoms with Crippen LogP contribution in [0.2, 0.25) is 0 Å². The monoisotopic (exact) mass is 176 g/mol. The Balaban J connectivity index is 3.00. The number of hydrogen-bond donors (Lipinski definition) is 2. The Bertz CT molecular complexity index is 341. The van der Waals surface area contributed by atoms with E-state index in [4.69, 9.17) is 11.0 Å². The number of nitrogens with two attached hydrogens (primary N) is 1. The summed E-state index contributed by atoms with van der Waals surface area (Å²) in [6, 6.07) is 6.78. The molecule has 3 N–H and O–H groups in total. The average Bonchev–Trinajstić information content (AvgIpc) is 2.09. The summed E-state index contributed by atoms with van der Waals surface area (Å²) in [6.07, 6.45) is 0.219. The van der Waals surface area contributed by atoms with Gasteiger partial charge in [0.1, 0.15) is 5.75 Å². The minimum Gasteiger partial charge on any atom is -0.508 e. The maximum absolute atomic E-state index is 9.44. The number of nitriles is 1. The zero-order valence-electron chi connectivity index (χ0n) is 7.49. The highest BCUT2D eigenvalue weighted by Gasteiger charge is 2.09. The van der Waals surface area contributed by atoms with Crippen LogP contribution in [-0.2, 0) is 0 Å². The number of phenolic OH excluding ortho intramolecular Hbond substituents is 1. The van der Waals surface area contributed by atoms with E-state index in [1.807, 2.05) is 13.0 Å². The van der Waals surface area contributed by atoms with Crippen LogP contribution in [0.25, 0.3) is 0 Å². The first-order valence-corrected chi connectivity index (χ1v) is 4.07. The molecule has 1 aromatic carbocycles. The molecule has 0 aliphatic carbocycles. The van der Waals surface area contributed by atoms with Crippen LogP contribution in [0.4, 0.5) is 0 Å². The second-order valence-corrected chi connectivity index (χ2v) is 3.03. The van der Waals surface area contributed by atoms with Gasteiger partial charge in [0, 0.05) is 11.6 Å². The van der Waals surface area contributed by atoms with Gasteiger partial charge in [-0.2, -0.15) is 5.26 Å². The van der Waals surface area contributed by atoms with Gasteiger partial charge in [-0.05, 0) is 13.0 Å². The van der Waals surface area contributed by atoms with Crippen molar-refractivity contribution in [2.75, 3.05) is 0 Å². The number of aromatic hydroxyl groups is 1. The molecule has 1 aromatic rings. The van der Waals surface area contributed by atoms with Crippen LogP contribution in [0.3, 0.4) is 0 Å². The zero-order chi connectivity index (χ0) is 9.84.